The molecule has 0 saturated carbocycles. The molecule has 0 radical (unpaired) electrons. The lowest BCUT2D eigenvalue weighted by Gasteiger charge is -2.22. The first-order chi connectivity index (χ1) is 9.16. The lowest BCUT2D eigenvalue weighted by atomic mass is 10.1. The third-order valence-corrected chi connectivity index (χ3v) is 4.16. The van der Waals surface area contributed by atoms with E-state index in [1.807, 2.05) is 9.80 Å². The summed E-state index contributed by atoms with van der Waals surface area (Å²) in [6, 6.07) is 0.532. The van der Waals surface area contributed by atoms with Crippen LogP contribution in [0.1, 0.15) is 39.0 Å². The highest BCUT2D eigenvalue weighted by Crippen LogP contribution is 2.13. The molecule has 0 spiro atoms. The minimum Gasteiger partial charge on any atom is -0.341 e. The van der Waals surface area contributed by atoms with Crippen LogP contribution in [0.2, 0.25) is 0 Å². The molecule has 1 N–H and O–H groups in total. The van der Waals surface area contributed by atoms with Crippen molar-refractivity contribution in [2.24, 2.45) is 0 Å². The Balaban J connectivity index is 0.00000200. The van der Waals surface area contributed by atoms with Gasteiger partial charge in [-0.15, -0.1) is 12.4 Å². The van der Waals surface area contributed by atoms with E-state index in [-0.39, 0.29) is 24.2 Å². The fourth-order valence-electron chi connectivity index (χ4n) is 2.94. The molecule has 2 rings (SSSR count). The molecule has 2 aliphatic heterocycles. The zero-order valence-electron chi connectivity index (χ0n) is 12.3. The molecule has 0 bridgehead atoms. The van der Waals surface area contributed by atoms with Crippen molar-refractivity contribution in [3.8, 4) is 0 Å². The lowest BCUT2D eigenvalue weighted by molar-refractivity contribution is -0.132. The van der Waals surface area contributed by atoms with Crippen molar-refractivity contribution in [1.29, 1.82) is 0 Å². The van der Waals surface area contributed by atoms with Gasteiger partial charge in [0.2, 0.25) is 11.8 Å². The van der Waals surface area contributed by atoms with E-state index in [0.717, 1.165) is 32.5 Å². The maximum absolute atomic E-state index is 12.2. The quantitative estimate of drug-likeness (QED) is 0.847. The summed E-state index contributed by atoms with van der Waals surface area (Å²) in [6.07, 6.45) is 4.91. The summed E-state index contributed by atoms with van der Waals surface area (Å²) in [5.41, 5.74) is 0. The molecule has 6 heteroatoms. The summed E-state index contributed by atoms with van der Waals surface area (Å²) in [7, 11) is 0. The van der Waals surface area contributed by atoms with Gasteiger partial charge in [-0.2, -0.15) is 0 Å². The Morgan fingerprint density at radius 1 is 1.10 bits per heavy atom. The fourth-order valence-corrected chi connectivity index (χ4v) is 2.94. The van der Waals surface area contributed by atoms with Gasteiger partial charge in [-0.25, -0.2) is 0 Å². The molecule has 116 valence electrons. The molecule has 1 atom stereocenters. The zero-order chi connectivity index (χ0) is 13.7. The van der Waals surface area contributed by atoms with E-state index in [9.17, 15) is 9.59 Å². The highest BCUT2D eigenvalue weighted by atomic mass is 35.5. The second-order valence-corrected chi connectivity index (χ2v) is 5.57. The Hall–Kier alpha value is -0.810. The van der Waals surface area contributed by atoms with Crippen LogP contribution < -0.4 is 5.32 Å². The summed E-state index contributed by atoms with van der Waals surface area (Å²) >= 11 is 0. The minimum absolute atomic E-state index is 0. The SMILES string of the molecule is CC(=O)N1CCCN(C(=O)CCC2CCCN2)CC1.Cl. The number of amides is 2. The van der Waals surface area contributed by atoms with E-state index in [4.69, 9.17) is 0 Å². The number of nitrogens with one attached hydrogen (secondary N) is 1. The minimum atomic E-state index is 0. The van der Waals surface area contributed by atoms with Crippen molar-refractivity contribution in [3.05, 3.63) is 0 Å². The standard InChI is InChI=1S/C14H25N3O2.ClH/c1-12(18)16-8-3-9-17(11-10-16)14(19)6-5-13-4-2-7-15-13;/h13,15H,2-11H2,1H3;1H. The lowest BCUT2D eigenvalue weighted by Crippen LogP contribution is -2.37. The van der Waals surface area contributed by atoms with E-state index < -0.39 is 0 Å². The average Bonchev–Trinajstić information content (AvgIpc) is 2.77. The number of hydrogen-bond acceptors (Lipinski definition) is 3. The largest absolute Gasteiger partial charge is 0.341 e. The van der Waals surface area contributed by atoms with Gasteiger partial charge in [0.15, 0.2) is 0 Å². The summed E-state index contributed by atoms with van der Waals surface area (Å²) < 4.78 is 0. The van der Waals surface area contributed by atoms with Crippen molar-refractivity contribution in [1.82, 2.24) is 15.1 Å². The molecule has 2 amide bonds. The van der Waals surface area contributed by atoms with E-state index >= 15 is 0 Å². The van der Waals surface area contributed by atoms with Gasteiger partial charge in [-0.3, -0.25) is 9.59 Å². The van der Waals surface area contributed by atoms with Crippen molar-refractivity contribution < 1.29 is 9.59 Å². The highest BCUT2D eigenvalue weighted by molar-refractivity contribution is 5.85. The molecule has 5 nitrogen and oxygen atoms in total. The van der Waals surface area contributed by atoms with Crippen molar-refractivity contribution in [2.45, 2.75) is 45.1 Å². The van der Waals surface area contributed by atoms with Crippen LogP contribution in [0.15, 0.2) is 0 Å². The fraction of sp³-hybridized carbons (Fsp3) is 0.857. The smallest absolute Gasteiger partial charge is 0.222 e. The van der Waals surface area contributed by atoms with E-state index in [0.29, 0.717) is 25.6 Å². The van der Waals surface area contributed by atoms with Crippen molar-refractivity contribution in [2.75, 3.05) is 32.7 Å². The van der Waals surface area contributed by atoms with Crippen LogP contribution in [-0.4, -0.2) is 60.4 Å². The molecule has 2 heterocycles. The van der Waals surface area contributed by atoms with Crippen LogP contribution in [0.4, 0.5) is 0 Å². The van der Waals surface area contributed by atoms with Crippen molar-refractivity contribution >= 4 is 24.2 Å². The molecular formula is C14H26ClN3O2. The molecule has 1 unspecified atom stereocenters. The Labute approximate surface area is 127 Å². The van der Waals surface area contributed by atoms with Crippen LogP contribution >= 0.6 is 12.4 Å². The van der Waals surface area contributed by atoms with Crippen LogP contribution in [0.5, 0.6) is 0 Å². The van der Waals surface area contributed by atoms with Gasteiger partial charge in [-0.1, -0.05) is 0 Å². The molecule has 0 aliphatic carbocycles. The molecule has 0 aromatic heterocycles. The highest BCUT2D eigenvalue weighted by Gasteiger charge is 2.21. The van der Waals surface area contributed by atoms with Gasteiger partial charge >= 0.3 is 0 Å². The van der Waals surface area contributed by atoms with Gasteiger partial charge in [0.25, 0.3) is 0 Å². The van der Waals surface area contributed by atoms with Crippen LogP contribution in [-0.2, 0) is 9.59 Å². The van der Waals surface area contributed by atoms with Gasteiger partial charge in [0.05, 0.1) is 0 Å². The number of halogens is 1. The first kappa shape index (κ1) is 17.2. The number of carbonyl (C=O) groups is 2. The number of nitrogens with zero attached hydrogens (tertiary/aromatic N) is 2. The van der Waals surface area contributed by atoms with Crippen molar-refractivity contribution in [3.63, 3.8) is 0 Å². The average molecular weight is 304 g/mol. The first-order valence-electron chi connectivity index (χ1n) is 7.43. The monoisotopic (exact) mass is 303 g/mol. The summed E-state index contributed by atoms with van der Waals surface area (Å²) in [6.45, 7) is 5.64. The Morgan fingerprint density at radius 2 is 1.80 bits per heavy atom. The molecule has 2 saturated heterocycles. The number of carbonyl (C=O) groups excluding carboxylic acids is 2. The van der Waals surface area contributed by atoms with Gasteiger partial charge < -0.3 is 15.1 Å². The maximum atomic E-state index is 12.2. The maximum Gasteiger partial charge on any atom is 0.222 e. The van der Waals surface area contributed by atoms with Gasteiger partial charge in [0, 0.05) is 45.6 Å². The van der Waals surface area contributed by atoms with Gasteiger partial charge in [-0.05, 0) is 32.2 Å². The normalized spacial score (nSPS) is 23.1. The molecule has 0 aromatic rings. The zero-order valence-corrected chi connectivity index (χ0v) is 13.1. The van der Waals surface area contributed by atoms with Gasteiger partial charge in [0.1, 0.15) is 0 Å². The van der Waals surface area contributed by atoms with E-state index in [2.05, 4.69) is 5.32 Å². The summed E-state index contributed by atoms with van der Waals surface area (Å²) in [4.78, 5) is 27.3. The second kappa shape index (κ2) is 8.47. The Morgan fingerprint density at radius 3 is 2.45 bits per heavy atom. The van der Waals surface area contributed by atoms with E-state index in [1.165, 1.54) is 12.8 Å². The number of hydrogen-bond donors (Lipinski definition) is 1. The topological polar surface area (TPSA) is 52.7 Å². The molecular weight excluding hydrogens is 278 g/mol. The molecule has 2 fully saturated rings. The predicted octanol–water partition coefficient (Wildman–Crippen LogP) is 1.02. The molecule has 2 aliphatic rings. The van der Waals surface area contributed by atoms with Crippen LogP contribution in [0, 0.1) is 0 Å². The Kier molecular flexibility index (Phi) is 7.30. The third-order valence-electron chi connectivity index (χ3n) is 4.16. The molecule has 0 aromatic carbocycles. The number of rotatable bonds is 3. The summed E-state index contributed by atoms with van der Waals surface area (Å²) in [5.74, 6) is 0.364. The third kappa shape index (κ3) is 4.94. The summed E-state index contributed by atoms with van der Waals surface area (Å²) in [5, 5.41) is 3.43. The van der Waals surface area contributed by atoms with Crippen LogP contribution in [0.25, 0.3) is 0 Å². The first-order valence-corrected chi connectivity index (χ1v) is 7.43. The van der Waals surface area contributed by atoms with Crippen LogP contribution in [0.3, 0.4) is 0 Å². The predicted molar refractivity (Wildman–Crippen MR) is 81.0 cm³/mol. The van der Waals surface area contributed by atoms with E-state index in [1.54, 1.807) is 6.92 Å². The second-order valence-electron chi connectivity index (χ2n) is 5.57. The Bertz CT molecular complexity index is 332. The molecule has 20 heavy (non-hydrogen) atoms.